The van der Waals surface area contributed by atoms with Crippen LogP contribution in [0.15, 0.2) is 194 Å². The SMILES string of the molecule is [2H]c1cc([2H])c2sc3c(-c4cccc(-c5nc(-c6cccc7ccccc67)nc(-c6cccc7ccccc67)n5)c4-n4c5ccccc5c5ccccc54)c([2H])c([2H])c([2H])c3c2c1[2H]. The molecule has 3 aromatic heterocycles. The fourth-order valence-electron chi connectivity index (χ4n) is 8.47. The van der Waals surface area contributed by atoms with Crippen LogP contribution in [0.1, 0.15) is 8.22 Å². The minimum atomic E-state index is -0.307. The number of thiophene rings is 1. The molecular weight excluding hydrogens is 725 g/mol. The molecule has 9 aromatic carbocycles. The van der Waals surface area contributed by atoms with Gasteiger partial charge in [0.25, 0.3) is 0 Å². The molecule has 0 amide bonds. The average Bonchev–Trinajstić information content (AvgIpc) is 3.89. The van der Waals surface area contributed by atoms with Crippen molar-refractivity contribution in [2.24, 2.45) is 0 Å². The van der Waals surface area contributed by atoms with Crippen molar-refractivity contribution in [3.63, 3.8) is 0 Å². The lowest BCUT2D eigenvalue weighted by molar-refractivity contribution is 1.07. The van der Waals surface area contributed by atoms with Crippen LogP contribution in [-0.4, -0.2) is 19.5 Å². The molecule has 0 aliphatic carbocycles. The molecule has 4 nitrogen and oxygen atoms in total. The zero-order valence-corrected chi connectivity index (χ0v) is 31.5. The number of hydrogen-bond donors (Lipinski definition) is 0. The summed E-state index contributed by atoms with van der Waals surface area (Å²) in [4.78, 5) is 16.0. The van der Waals surface area contributed by atoms with Crippen molar-refractivity contribution in [3.8, 4) is 51.0 Å². The third kappa shape index (κ3) is 5.04. The van der Waals surface area contributed by atoms with Crippen LogP contribution in [0.4, 0.5) is 0 Å². The maximum atomic E-state index is 9.67. The van der Waals surface area contributed by atoms with Gasteiger partial charge in [-0.2, -0.15) is 0 Å². The number of rotatable bonds is 5. The molecule has 0 aliphatic heterocycles. The molecule has 0 fully saturated rings. The molecular formula is C53H32N4S. The third-order valence-corrected chi connectivity index (χ3v) is 12.2. The first-order valence-corrected chi connectivity index (χ1v) is 19.9. The van der Waals surface area contributed by atoms with Gasteiger partial charge in [-0.25, -0.2) is 15.0 Å². The van der Waals surface area contributed by atoms with E-state index >= 15 is 0 Å². The second-order valence-electron chi connectivity index (χ2n) is 14.2. The van der Waals surface area contributed by atoms with Gasteiger partial charge in [0, 0.05) is 58.8 Å². The van der Waals surface area contributed by atoms with Crippen LogP contribution >= 0.6 is 11.3 Å². The Balaban J connectivity index is 1.26. The van der Waals surface area contributed by atoms with Crippen LogP contribution in [0.2, 0.25) is 0 Å². The summed E-state index contributed by atoms with van der Waals surface area (Å²) < 4.78 is 57.6. The molecule has 0 N–H and O–H groups in total. The first kappa shape index (κ1) is 27.2. The van der Waals surface area contributed by atoms with Gasteiger partial charge in [0.05, 0.1) is 24.9 Å². The molecule has 0 bridgehead atoms. The zero-order chi connectivity index (χ0) is 43.4. The van der Waals surface area contributed by atoms with Crippen molar-refractivity contribution < 1.29 is 8.22 Å². The summed E-state index contributed by atoms with van der Waals surface area (Å²) in [5.74, 6) is 1.36. The molecule has 12 rings (SSSR count). The van der Waals surface area contributed by atoms with E-state index in [9.17, 15) is 4.11 Å². The summed E-state index contributed by atoms with van der Waals surface area (Å²) in [5.41, 5.74) is 5.75. The number of para-hydroxylation sites is 3. The Hall–Kier alpha value is -7.47. The van der Waals surface area contributed by atoms with E-state index in [0.29, 0.717) is 54.6 Å². The summed E-state index contributed by atoms with van der Waals surface area (Å²) in [7, 11) is 0. The topological polar surface area (TPSA) is 43.6 Å². The van der Waals surface area contributed by atoms with Gasteiger partial charge in [0.15, 0.2) is 17.5 Å². The molecule has 0 aliphatic rings. The molecule has 0 radical (unpaired) electrons. The second-order valence-corrected chi connectivity index (χ2v) is 15.3. The summed E-state index contributed by atoms with van der Waals surface area (Å²) in [6, 6.07) is 51.3. The highest BCUT2D eigenvalue weighted by atomic mass is 32.1. The lowest BCUT2D eigenvalue weighted by Gasteiger charge is -2.19. The Morgan fingerprint density at radius 3 is 1.53 bits per heavy atom. The highest BCUT2D eigenvalue weighted by Crippen LogP contribution is 2.46. The number of benzene rings is 9. The van der Waals surface area contributed by atoms with E-state index in [0.717, 1.165) is 54.5 Å². The quantitative estimate of drug-likeness (QED) is 0.175. The molecule has 5 heteroatoms. The highest BCUT2D eigenvalue weighted by Gasteiger charge is 2.24. The van der Waals surface area contributed by atoms with Crippen LogP contribution in [0.5, 0.6) is 0 Å². The molecule has 0 saturated heterocycles. The van der Waals surface area contributed by atoms with Crippen molar-refractivity contribution in [2.45, 2.75) is 0 Å². The van der Waals surface area contributed by atoms with E-state index in [4.69, 9.17) is 19.1 Å². The third-order valence-electron chi connectivity index (χ3n) is 11.0. The van der Waals surface area contributed by atoms with Gasteiger partial charge in [-0.05, 0) is 45.8 Å². The van der Waals surface area contributed by atoms with E-state index in [1.165, 1.54) is 17.4 Å². The zero-order valence-electron chi connectivity index (χ0n) is 36.7. The first-order valence-electron chi connectivity index (χ1n) is 22.0. The minimum absolute atomic E-state index is 0.0594. The van der Waals surface area contributed by atoms with Crippen molar-refractivity contribution in [1.82, 2.24) is 19.5 Å². The number of aromatic nitrogens is 4. The van der Waals surface area contributed by atoms with Gasteiger partial charge >= 0.3 is 0 Å². The Labute approximate surface area is 346 Å². The second kappa shape index (κ2) is 13.1. The smallest absolute Gasteiger partial charge is 0.166 e. The van der Waals surface area contributed by atoms with E-state index in [-0.39, 0.29) is 41.6 Å². The van der Waals surface area contributed by atoms with Gasteiger partial charge < -0.3 is 4.57 Å². The minimum Gasteiger partial charge on any atom is -0.308 e. The molecule has 270 valence electrons. The van der Waals surface area contributed by atoms with E-state index in [1.807, 2.05) is 91.0 Å². The Morgan fingerprint density at radius 2 is 0.879 bits per heavy atom. The maximum absolute atomic E-state index is 9.67. The van der Waals surface area contributed by atoms with Crippen molar-refractivity contribution >= 4 is 74.9 Å². The lowest BCUT2D eigenvalue weighted by atomic mass is 9.97. The molecule has 12 aromatic rings. The molecule has 3 heterocycles. The molecule has 0 saturated carbocycles. The molecule has 0 atom stereocenters. The van der Waals surface area contributed by atoms with Crippen LogP contribution in [-0.2, 0) is 0 Å². The van der Waals surface area contributed by atoms with Crippen LogP contribution in [0, 0.1) is 0 Å². The standard InChI is InChI=1S/C53H32N4S/c1-3-19-35-33(15-1)17-11-27-43(35)51-54-52(44-28-12-18-34-16-2-4-20-36(34)44)56-53(55-51)45-29-13-24-40(42-26-14-25-41-39-23-7-10-32-48(39)58-50(41)42)49(45)57-46-30-8-5-21-37(46)38-22-6-9-31-47(38)57/h1-32H/i7D,14D,23D,25D,26D,32D. The molecule has 0 spiro atoms. The van der Waals surface area contributed by atoms with Crippen molar-refractivity contribution in [2.75, 3.05) is 0 Å². The van der Waals surface area contributed by atoms with Crippen LogP contribution in [0.25, 0.3) is 115 Å². The largest absolute Gasteiger partial charge is 0.308 e. The average molecular weight is 763 g/mol. The Bertz CT molecular complexity index is 3790. The lowest BCUT2D eigenvalue weighted by Crippen LogP contribution is -2.05. The predicted octanol–water partition coefficient (Wildman–Crippen LogP) is 14.3. The van der Waals surface area contributed by atoms with Gasteiger partial charge in [0.1, 0.15) is 0 Å². The van der Waals surface area contributed by atoms with Gasteiger partial charge in [-0.15, -0.1) is 11.3 Å². The molecule has 0 unspecified atom stereocenters. The van der Waals surface area contributed by atoms with Crippen LogP contribution < -0.4 is 0 Å². The fourth-order valence-corrected chi connectivity index (χ4v) is 9.56. The Morgan fingerprint density at radius 1 is 0.379 bits per heavy atom. The van der Waals surface area contributed by atoms with Gasteiger partial charge in [-0.1, -0.05) is 170 Å². The van der Waals surface area contributed by atoms with Crippen molar-refractivity contribution in [1.29, 1.82) is 0 Å². The number of fused-ring (bicyclic) bond motifs is 8. The maximum Gasteiger partial charge on any atom is 0.166 e. The van der Waals surface area contributed by atoms with E-state index < -0.39 is 0 Å². The summed E-state index contributed by atoms with van der Waals surface area (Å²) in [6.07, 6.45) is 0. The number of nitrogens with zero attached hydrogens (tertiary/aromatic N) is 4. The van der Waals surface area contributed by atoms with Crippen LogP contribution in [0.3, 0.4) is 0 Å². The molecule has 58 heavy (non-hydrogen) atoms. The predicted molar refractivity (Wildman–Crippen MR) is 244 cm³/mol. The monoisotopic (exact) mass is 762 g/mol. The van der Waals surface area contributed by atoms with E-state index in [2.05, 4.69) is 65.2 Å². The summed E-state index contributed by atoms with van der Waals surface area (Å²) in [6.45, 7) is 0. The van der Waals surface area contributed by atoms with Gasteiger partial charge in [-0.3, -0.25) is 0 Å². The summed E-state index contributed by atoms with van der Waals surface area (Å²) in [5, 5.41) is 6.68. The van der Waals surface area contributed by atoms with Crippen molar-refractivity contribution in [3.05, 3.63) is 194 Å². The fraction of sp³-hybridized carbons (Fsp3) is 0. The van der Waals surface area contributed by atoms with E-state index in [1.54, 1.807) is 0 Å². The highest BCUT2D eigenvalue weighted by molar-refractivity contribution is 7.26. The Kier molecular flexibility index (Phi) is 6.12. The van der Waals surface area contributed by atoms with Gasteiger partial charge in [0.2, 0.25) is 0 Å². The first-order chi connectivity index (χ1) is 31.3. The summed E-state index contributed by atoms with van der Waals surface area (Å²) >= 11 is 1.22. The normalized spacial score (nSPS) is 13.2. The number of hydrogen-bond acceptors (Lipinski definition) is 4.